The summed E-state index contributed by atoms with van der Waals surface area (Å²) in [7, 11) is 0. The molecule has 0 aliphatic rings. The quantitative estimate of drug-likeness (QED) is 0.584. The summed E-state index contributed by atoms with van der Waals surface area (Å²) in [4.78, 5) is 16.0. The Morgan fingerprint density at radius 2 is 2.00 bits per heavy atom. The average Bonchev–Trinajstić information content (AvgIpc) is 2.36. The van der Waals surface area contributed by atoms with E-state index in [0.29, 0.717) is 31.0 Å². The number of halogens is 3. The number of hydrogen-bond donors (Lipinski definition) is 2. The summed E-state index contributed by atoms with van der Waals surface area (Å²) in [6.45, 7) is 0. The summed E-state index contributed by atoms with van der Waals surface area (Å²) in [5.74, 6) is -0.282. The lowest BCUT2D eigenvalue weighted by Gasteiger charge is -2.08. The van der Waals surface area contributed by atoms with Crippen molar-refractivity contribution in [3.63, 3.8) is 0 Å². The minimum atomic E-state index is -0.282. The van der Waals surface area contributed by atoms with Gasteiger partial charge in [0.2, 0.25) is 0 Å². The van der Waals surface area contributed by atoms with Crippen LogP contribution in [-0.4, -0.2) is 10.9 Å². The van der Waals surface area contributed by atoms with Crippen LogP contribution < -0.4 is 11.1 Å². The molecule has 0 spiro atoms. The number of aromatic nitrogens is 1. The van der Waals surface area contributed by atoms with E-state index in [-0.39, 0.29) is 5.91 Å². The minimum Gasteiger partial charge on any atom is -0.399 e. The predicted molar refractivity (Wildman–Crippen MR) is 83.5 cm³/mol. The summed E-state index contributed by atoms with van der Waals surface area (Å²) in [5.41, 5.74) is 7.17. The first-order valence-electron chi connectivity index (χ1n) is 5.15. The van der Waals surface area contributed by atoms with Gasteiger partial charge in [0.25, 0.3) is 5.91 Å². The normalized spacial score (nSPS) is 10.3. The SMILES string of the molecule is Nc1ccc(Br)c(C(=O)Nc2cnc(Cl)c(Br)c2)c1. The van der Waals surface area contributed by atoms with E-state index in [1.807, 2.05) is 0 Å². The van der Waals surface area contributed by atoms with Crippen LogP contribution in [0.1, 0.15) is 10.4 Å². The van der Waals surface area contributed by atoms with Crippen molar-refractivity contribution >= 4 is 60.7 Å². The van der Waals surface area contributed by atoms with Gasteiger partial charge in [0.15, 0.2) is 0 Å². The van der Waals surface area contributed by atoms with Gasteiger partial charge in [-0.1, -0.05) is 11.6 Å². The van der Waals surface area contributed by atoms with Crippen LogP contribution in [0.5, 0.6) is 0 Å². The molecule has 1 aromatic heterocycles. The first-order valence-corrected chi connectivity index (χ1v) is 7.11. The number of nitrogen functional groups attached to an aromatic ring is 1. The summed E-state index contributed by atoms with van der Waals surface area (Å²) in [6.07, 6.45) is 1.48. The summed E-state index contributed by atoms with van der Waals surface area (Å²) >= 11 is 12.3. The Kier molecular flexibility index (Phi) is 4.44. The molecule has 2 aromatic rings. The van der Waals surface area contributed by atoms with Crippen molar-refractivity contribution < 1.29 is 4.79 Å². The van der Waals surface area contributed by atoms with Gasteiger partial charge < -0.3 is 11.1 Å². The van der Waals surface area contributed by atoms with Crippen molar-refractivity contribution in [1.29, 1.82) is 0 Å². The highest BCUT2D eigenvalue weighted by atomic mass is 79.9. The van der Waals surface area contributed by atoms with Crippen LogP contribution in [0.4, 0.5) is 11.4 Å². The molecule has 0 bridgehead atoms. The van der Waals surface area contributed by atoms with Gasteiger partial charge in [0.05, 0.1) is 21.9 Å². The van der Waals surface area contributed by atoms with E-state index in [0.717, 1.165) is 0 Å². The molecule has 2 rings (SSSR count). The Morgan fingerprint density at radius 3 is 2.68 bits per heavy atom. The van der Waals surface area contributed by atoms with Gasteiger partial charge in [-0.05, 0) is 56.1 Å². The number of nitrogens with one attached hydrogen (secondary N) is 1. The Bertz CT molecular complexity index is 649. The van der Waals surface area contributed by atoms with Gasteiger partial charge in [-0.2, -0.15) is 0 Å². The molecule has 0 fully saturated rings. The Labute approximate surface area is 131 Å². The van der Waals surface area contributed by atoms with Gasteiger partial charge in [-0.15, -0.1) is 0 Å². The number of nitrogens with two attached hydrogens (primary N) is 1. The van der Waals surface area contributed by atoms with Gasteiger partial charge in [0, 0.05) is 10.2 Å². The average molecular weight is 405 g/mol. The van der Waals surface area contributed by atoms with Crippen molar-refractivity contribution in [2.75, 3.05) is 11.1 Å². The highest BCUT2D eigenvalue weighted by Gasteiger charge is 2.11. The van der Waals surface area contributed by atoms with Crippen LogP contribution in [-0.2, 0) is 0 Å². The Balaban J connectivity index is 2.25. The fourth-order valence-corrected chi connectivity index (χ4v) is 2.28. The fraction of sp³-hybridized carbons (Fsp3) is 0. The van der Waals surface area contributed by atoms with E-state index in [1.165, 1.54) is 6.20 Å². The second-order valence-corrected chi connectivity index (χ2v) is 5.76. The molecule has 3 N–H and O–H groups in total. The monoisotopic (exact) mass is 403 g/mol. The predicted octanol–water partition coefficient (Wildman–Crippen LogP) is 4.09. The van der Waals surface area contributed by atoms with Crippen LogP contribution in [0.25, 0.3) is 0 Å². The zero-order chi connectivity index (χ0) is 14.0. The first kappa shape index (κ1) is 14.3. The summed E-state index contributed by atoms with van der Waals surface area (Å²) in [6, 6.07) is 6.70. The largest absolute Gasteiger partial charge is 0.399 e. The third kappa shape index (κ3) is 3.46. The molecule has 0 saturated carbocycles. The number of rotatable bonds is 2. The van der Waals surface area contributed by atoms with E-state index in [1.54, 1.807) is 24.3 Å². The summed E-state index contributed by atoms with van der Waals surface area (Å²) < 4.78 is 1.28. The molecule has 1 aromatic carbocycles. The van der Waals surface area contributed by atoms with Gasteiger partial charge in [-0.3, -0.25) is 4.79 Å². The maximum Gasteiger partial charge on any atom is 0.256 e. The van der Waals surface area contributed by atoms with Crippen molar-refractivity contribution in [3.05, 3.63) is 50.1 Å². The van der Waals surface area contributed by atoms with E-state index < -0.39 is 0 Å². The number of carbonyl (C=O) groups is 1. The highest BCUT2D eigenvalue weighted by molar-refractivity contribution is 9.10. The number of nitrogens with zero attached hydrogens (tertiary/aromatic N) is 1. The maximum atomic E-state index is 12.1. The minimum absolute atomic E-state index is 0.282. The highest BCUT2D eigenvalue weighted by Crippen LogP contribution is 2.24. The van der Waals surface area contributed by atoms with Crippen molar-refractivity contribution in [1.82, 2.24) is 4.98 Å². The lowest BCUT2D eigenvalue weighted by atomic mass is 10.2. The molecule has 1 amide bonds. The lowest BCUT2D eigenvalue weighted by molar-refractivity contribution is 0.102. The maximum absolute atomic E-state index is 12.1. The third-order valence-corrected chi connectivity index (χ3v) is 4.11. The molecule has 0 aliphatic heterocycles. The first-order chi connectivity index (χ1) is 8.97. The fourth-order valence-electron chi connectivity index (χ4n) is 1.40. The number of benzene rings is 1. The zero-order valence-electron chi connectivity index (χ0n) is 9.45. The Morgan fingerprint density at radius 1 is 1.26 bits per heavy atom. The Hall–Kier alpha value is -1.11. The molecule has 98 valence electrons. The molecule has 0 aliphatic carbocycles. The molecule has 4 nitrogen and oxygen atoms in total. The number of anilines is 2. The lowest BCUT2D eigenvalue weighted by Crippen LogP contribution is -2.13. The molecule has 0 saturated heterocycles. The van der Waals surface area contributed by atoms with E-state index >= 15 is 0 Å². The molecular formula is C12H8Br2ClN3O. The van der Waals surface area contributed by atoms with E-state index in [2.05, 4.69) is 42.2 Å². The van der Waals surface area contributed by atoms with Crippen LogP contribution >= 0.6 is 43.5 Å². The molecule has 7 heteroatoms. The van der Waals surface area contributed by atoms with E-state index in [4.69, 9.17) is 17.3 Å². The molecule has 1 heterocycles. The second-order valence-electron chi connectivity index (χ2n) is 3.69. The topological polar surface area (TPSA) is 68.0 Å². The van der Waals surface area contributed by atoms with Crippen molar-refractivity contribution in [3.8, 4) is 0 Å². The van der Waals surface area contributed by atoms with Gasteiger partial charge in [-0.25, -0.2) is 4.98 Å². The third-order valence-electron chi connectivity index (χ3n) is 2.29. The summed E-state index contributed by atoms with van der Waals surface area (Å²) in [5, 5.41) is 3.05. The molecular weight excluding hydrogens is 397 g/mol. The zero-order valence-corrected chi connectivity index (χ0v) is 13.4. The van der Waals surface area contributed by atoms with E-state index in [9.17, 15) is 4.79 Å². The number of hydrogen-bond acceptors (Lipinski definition) is 3. The number of pyridine rings is 1. The molecule has 0 atom stereocenters. The number of carbonyl (C=O) groups excluding carboxylic acids is 1. The van der Waals surface area contributed by atoms with Gasteiger partial charge >= 0.3 is 0 Å². The number of amides is 1. The second kappa shape index (κ2) is 5.90. The molecule has 0 radical (unpaired) electrons. The molecule has 0 unspecified atom stereocenters. The smallest absolute Gasteiger partial charge is 0.256 e. The van der Waals surface area contributed by atoms with Crippen LogP contribution in [0.15, 0.2) is 39.4 Å². The van der Waals surface area contributed by atoms with Crippen LogP contribution in [0.2, 0.25) is 5.15 Å². The van der Waals surface area contributed by atoms with Gasteiger partial charge in [0.1, 0.15) is 5.15 Å². The van der Waals surface area contributed by atoms with Crippen molar-refractivity contribution in [2.24, 2.45) is 0 Å². The molecule has 19 heavy (non-hydrogen) atoms. The van der Waals surface area contributed by atoms with Crippen molar-refractivity contribution in [2.45, 2.75) is 0 Å². The standard InChI is InChI=1S/C12H8Br2ClN3O/c13-9-2-1-6(16)3-8(9)12(19)18-7-4-10(14)11(15)17-5-7/h1-5H,16H2,(H,18,19). The van der Waals surface area contributed by atoms with Crippen LogP contribution in [0, 0.1) is 0 Å². The van der Waals surface area contributed by atoms with Crippen LogP contribution in [0.3, 0.4) is 0 Å².